The molecule has 0 atom stereocenters. The highest BCUT2D eigenvalue weighted by atomic mass is 35.5. The average molecular weight is 308 g/mol. The number of benzene rings is 1. The molecule has 1 N–H and O–H groups in total. The molecule has 1 fully saturated rings. The number of nitrogens with zero attached hydrogens (tertiary/aromatic N) is 2. The summed E-state index contributed by atoms with van der Waals surface area (Å²) in [5.41, 5.74) is 0.902. The van der Waals surface area contributed by atoms with E-state index < -0.39 is 5.82 Å². The molecule has 21 heavy (non-hydrogen) atoms. The van der Waals surface area contributed by atoms with E-state index in [-0.39, 0.29) is 16.6 Å². The van der Waals surface area contributed by atoms with Crippen LogP contribution in [0.25, 0.3) is 0 Å². The fourth-order valence-electron chi connectivity index (χ4n) is 2.56. The van der Waals surface area contributed by atoms with Crippen molar-refractivity contribution in [3.05, 3.63) is 57.3 Å². The molecule has 1 aliphatic rings. The van der Waals surface area contributed by atoms with Crippen molar-refractivity contribution in [2.75, 3.05) is 5.32 Å². The van der Waals surface area contributed by atoms with Crippen molar-refractivity contribution in [2.45, 2.75) is 24.8 Å². The fraction of sp³-hybridized carbons (Fsp3) is 0.333. The van der Waals surface area contributed by atoms with E-state index in [9.17, 15) is 9.18 Å². The van der Waals surface area contributed by atoms with Crippen LogP contribution in [0, 0.1) is 5.82 Å². The number of aryl methyl sites for hydroxylation is 1. The summed E-state index contributed by atoms with van der Waals surface area (Å²) in [5.74, 6) is 0.320. The number of halogens is 2. The van der Waals surface area contributed by atoms with Crippen LogP contribution in [-0.4, -0.2) is 15.6 Å². The maximum Gasteiger partial charge on any atom is 0.293 e. The molecule has 1 aromatic heterocycles. The lowest BCUT2D eigenvalue weighted by molar-refractivity contribution is 0.372. The number of hydrogen-bond acceptors (Lipinski definition) is 3. The second-order valence-corrected chi connectivity index (χ2v) is 5.78. The molecule has 6 heteroatoms. The van der Waals surface area contributed by atoms with Crippen molar-refractivity contribution in [3.63, 3.8) is 0 Å². The normalized spacial score (nSPS) is 20.9. The predicted octanol–water partition coefficient (Wildman–Crippen LogP) is 2.93. The lowest BCUT2D eigenvalue weighted by atomic mass is 9.76. The standard InChI is InChI=1S/C15H15ClFN3O/c1-20-5-4-18-14(15(20)21)19-11-6-10(7-11)9-2-3-13(17)12(16)8-9/h2-5,8,10-11H,6-7H2,1H3,(H,18,19). The summed E-state index contributed by atoms with van der Waals surface area (Å²) >= 11 is 5.80. The lowest BCUT2D eigenvalue weighted by Crippen LogP contribution is -2.37. The van der Waals surface area contributed by atoms with Gasteiger partial charge in [0, 0.05) is 25.5 Å². The van der Waals surface area contributed by atoms with Crippen LogP contribution < -0.4 is 10.9 Å². The van der Waals surface area contributed by atoms with E-state index in [1.807, 2.05) is 0 Å². The van der Waals surface area contributed by atoms with Crippen LogP contribution in [0.15, 0.2) is 35.4 Å². The lowest BCUT2D eigenvalue weighted by Gasteiger charge is -2.36. The first-order valence-corrected chi connectivity index (χ1v) is 7.15. The first-order chi connectivity index (χ1) is 10.0. The van der Waals surface area contributed by atoms with Crippen LogP contribution in [0.4, 0.5) is 10.2 Å². The second-order valence-electron chi connectivity index (χ2n) is 5.38. The minimum absolute atomic E-state index is 0.134. The molecule has 0 amide bonds. The van der Waals surface area contributed by atoms with Crippen LogP contribution >= 0.6 is 11.6 Å². The number of rotatable bonds is 3. The Hall–Kier alpha value is -1.88. The first kappa shape index (κ1) is 14.1. The molecule has 0 aliphatic heterocycles. The van der Waals surface area contributed by atoms with Crippen LogP contribution in [0.2, 0.25) is 5.02 Å². The van der Waals surface area contributed by atoms with Gasteiger partial charge in [0.15, 0.2) is 5.82 Å². The molecular formula is C15H15ClFN3O. The Kier molecular flexibility index (Phi) is 3.68. The van der Waals surface area contributed by atoms with Crippen LogP contribution in [-0.2, 0) is 7.05 Å². The highest BCUT2D eigenvalue weighted by Gasteiger charge is 2.31. The highest BCUT2D eigenvalue weighted by Crippen LogP contribution is 2.39. The van der Waals surface area contributed by atoms with Gasteiger partial charge < -0.3 is 9.88 Å². The van der Waals surface area contributed by atoms with Crippen molar-refractivity contribution in [1.29, 1.82) is 0 Å². The number of hydrogen-bond donors (Lipinski definition) is 1. The van der Waals surface area contributed by atoms with Crippen molar-refractivity contribution in [1.82, 2.24) is 9.55 Å². The Morgan fingerprint density at radius 3 is 2.90 bits per heavy atom. The molecule has 1 heterocycles. The van der Waals surface area contributed by atoms with Crippen molar-refractivity contribution in [2.24, 2.45) is 7.05 Å². The Balaban J connectivity index is 1.64. The van der Waals surface area contributed by atoms with Gasteiger partial charge in [0.1, 0.15) is 5.82 Å². The van der Waals surface area contributed by atoms with Gasteiger partial charge in [0.25, 0.3) is 5.56 Å². The third-order valence-corrected chi connectivity index (χ3v) is 4.20. The van der Waals surface area contributed by atoms with Gasteiger partial charge in [-0.25, -0.2) is 9.37 Å². The van der Waals surface area contributed by atoms with Gasteiger partial charge in [0.2, 0.25) is 0 Å². The average Bonchev–Trinajstić information content (AvgIpc) is 2.41. The molecule has 4 nitrogen and oxygen atoms in total. The van der Waals surface area contributed by atoms with E-state index in [0.717, 1.165) is 18.4 Å². The third-order valence-electron chi connectivity index (χ3n) is 3.91. The minimum atomic E-state index is -0.397. The van der Waals surface area contributed by atoms with Crippen LogP contribution in [0.5, 0.6) is 0 Å². The topological polar surface area (TPSA) is 46.9 Å². The molecule has 0 spiro atoms. The van der Waals surface area contributed by atoms with Gasteiger partial charge in [-0.1, -0.05) is 17.7 Å². The summed E-state index contributed by atoms with van der Waals surface area (Å²) in [5, 5.41) is 3.32. The fourth-order valence-corrected chi connectivity index (χ4v) is 2.75. The molecule has 0 radical (unpaired) electrons. The molecule has 3 rings (SSSR count). The molecule has 1 aromatic carbocycles. The maximum atomic E-state index is 13.1. The Bertz CT molecular complexity index is 725. The summed E-state index contributed by atoms with van der Waals surface area (Å²) in [6.07, 6.45) is 4.97. The number of anilines is 1. The van der Waals surface area contributed by atoms with E-state index >= 15 is 0 Å². The summed E-state index contributed by atoms with van der Waals surface area (Å²) in [7, 11) is 1.69. The number of aromatic nitrogens is 2. The summed E-state index contributed by atoms with van der Waals surface area (Å²) in [6, 6.07) is 5.05. The largest absolute Gasteiger partial charge is 0.363 e. The van der Waals surface area contributed by atoms with E-state index in [1.54, 1.807) is 31.6 Å². The van der Waals surface area contributed by atoms with E-state index in [0.29, 0.717) is 11.7 Å². The SMILES string of the molecule is Cn1ccnc(NC2CC(c3ccc(F)c(Cl)c3)C2)c1=O. The number of nitrogens with one attached hydrogen (secondary N) is 1. The second kappa shape index (κ2) is 5.48. The third kappa shape index (κ3) is 2.78. The minimum Gasteiger partial charge on any atom is -0.363 e. The zero-order chi connectivity index (χ0) is 15.0. The van der Waals surface area contributed by atoms with Gasteiger partial charge in [-0.15, -0.1) is 0 Å². The summed E-state index contributed by atoms with van der Waals surface area (Å²) in [4.78, 5) is 15.9. The van der Waals surface area contributed by atoms with Gasteiger partial charge >= 0.3 is 0 Å². The smallest absolute Gasteiger partial charge is 0.293 e. The summed E-state index contributed by atoms with van der Waals surface area (Å²) < 4.78 is 14.6. The zero-order valence-corrected chi connectivity index (χ0v) is 12.3. The predicted molar refractivity (Wildman–Crippen MR) is 80.3 cm³/mol. The quantitative estimate of drug-likeness (QED) is 0.948. The highest BCUT2D eigenvalue weighted by molar-refractivity contribution is 6.30. The van der Waals surface area contributed by atoms with Crippen molar-refractivity contribution in [3.8, 4) is 0 Å². The van der Waals surface area contributed by atoms with Crippen LogP contribution in [0.3, 0.4) is 0 Å². The Labute approximate surface area is 126 Å². The molecule has 0 bridgehead atoms. The van der Waals surface area contributed by atoms with E-state index in [4.69, 9.17) is 11.6 Å². The molecule has 1 aliphatic carbocycles. The molecule has 0 saturated heterocycles. The molecular weight excluding hydrogens is 293 g/mol. The van der Waals surface area contributed by atoms with Crippen molar-refractivity contribution >= 4 is 17.4 Å². The maximum absolute atomic E-state index is 13.1. The molecule has 110 valence electrons. The molecule has 2 aromatic rings. The first-order valence-electron chi connectivity index (χ1n) is 6.77. The molecule has 0 unspecified atom stereocenters. The van der Waals surface area contributed by atoms with E-state index in [2.05, 4.69) is 10.3 Å². The zero-order valence-electron chi connectivity index (χ0n) is 11.5. The van der Waals surface area contributed by atoms with Crippen LogP contribution in [0.1, 0.15) is 24.3 Å². The van der Waals surface area contributed by atoms with Crippen molar-refractivity contribution < 1.29 is 4.39 Å². The Morgan fingerprint density at radius 1 is 1.43 bits per heavy atom. The molecule has 1 saturated carbocycles. The van der Waals surface area contributed by atoms with Gasteiger partial charge in [-0.2, -0.15) is 0 Å². The van der Waals surface area contributed by atoms with Gasteiger partial charge in [-0.05, 0) is 36.5 Å². The summed E-state index contributed by atoms with van der Waals surface area (Å²) in [6.45, 7) is 0. The van der Waals surface area contributed by atoms with Gasteiger partial charge in [0.05, 0.1) is 5.02 Å². The monoisotopic (exact) mass is 307 g/mol. The Morgan fingerprint density at radius 2 is 2.19 bits per heavy atom. The van der Waals surface area contributed by atoms with E-state index in [1.165, 1.54) is 10.6 Å². The van der Waals surface area contributed by atoms with Gasteiger partial charge in [-0.3, -0.25) is 4.79 Å².